The molecule has 0 heterocycles. The third kappa shape index (κ3) is 3.98. The molecule has 1 rings (SSSR count). The highest BCUT2D eigenvalue weighted by atomic mass is 16.5. The van der Waals surface area contributed by atoms with Crippen LogP contribution in [0.1, 0.15) is 37.0 Å². The van der Waals surface area contributed by atoms with Crippen molar-refractivity contribution in [3.8, 4) is 5.75 Å². The summed E-state index contributed by atoms with van der Waals surface area (Å²) in [5.74, 6) is -0.218. The quantitative estimate of drug-likeness (QED) is 0.746. The largest absolute Gasteiger partial charge is 0.492 e. The number of benzene rings is 1. The molecule has 0 aliphatic heterocycles. The van der Waals surface area contributed by atoms with Gasteiger partial charge in [-0.15, -0.1) is 0 Å². The van der Waals surface area contributed by atoms with Crippen LogP contribution in [0.2, 0.25) is 0 Å². The minimum Gasteiger partial charge on any atom is -0.492 e. The fraction of sp³-hybridized carbons (Fsp3) is 0.462. The number of carboxylic acid groups (broad SMARTS) is 1. The number of ether oxygens (including phenoxy) is 1. The molecule has 1 aromatic carbocycles. The van der Waals surface area contributed by atoms with Crippen LogP contribution in [0.4, 0.5) is 5.69 Å². The second-order valence-corrected chi connectivity index (χ2v) is 4.27. The van der Waals surface area contributed by atoms with E-state index in [2.05, 4.69) is 13.8 Å². The van der Waals surface area contributed by atoms with Crippen LogP contribution in [0.15, 0.2) is 18.2 Å². The number of rotatable bonds is 6. The Balaban J connectivity index is 2.73. The third-order valence-corrected chi connectivity index (χ3v) is 2.54. The molecule has 4 heteroatoms. The van der Waals surface area contributed by atoms with Crippen molar-refractivity contribution in [1.29, 1.82) is 0 Å². The molecule has 0 saturated carbocycles. The second-order valence-electron chi connectivity index (χ2n) is 4.27. The predicted molar refractivity (Wildman–Crippen MR) is 67.4 cm³/mol. The summed E-state index contributed by atoms with van der Waals surface area (Å²) in [6.45, 7) is 4.72. The summed E-state index contributed by atoms with van der Waals surface area (Å²) in [5.41, 5.74) is 6.10. The number of carbonyl (C=O) groups is 1. The molecule has 0 aromatic heterocycles. The Hall–Kier alpha value is -1.71. The van der Waals surface area contributed by atoms with E-state index in [1.807, 2.05) is 0 Å². The molecule has 0 radical (unpaired) electrons. The van der Waals surface area contributed by atoms with E-state index in [-0.39, 0.29) is 5.56 Å². The molecular formula is C13H19NO3. The van der Waals surface area contributed by atoms with E-state index in [0.29, 0.717) is 24.0 Å². The van der Waals surface area contributed by atoms with Crippen LogP contribution < -0.4 is 10.5 Å². The van der Waals surface area contributed by atoms with Gasteiger partial charge < -0.3 is 15.6 Å². The summed E-state index contributed by atoms with van der Waals surface area (Å²) in [6, 6.07) is 4.67. The summed E-state index contributed by atoms with van der Waals surface area (Å²) in [4.78, 5) is 11.0. The Labute approximate surface area is 101 Å². The molecule has 0 amide bonds. The molecule has 1 atom stereocenters. The van der Waals surface area contributed by atoms with Gasteiger partial charge in [0.25, 0.3) is 0 Å². The van der Waals surface area contributed by atoms with E-state index in [1.54, 1.807) is 12.1 Å². The molecule has 4 nitrogen and oxygen atoms in total. The minimum absolute atomic E-state index is 0.119. The van der Waals surface area contributed by atoms with Crippen LogP contribution in [-0.2, 0) is 0 Å². The van der Waals surface area contributed by atoms with E-state index >= 15 is 0 Å². The topological polar surface area (TPSA) is 72.5 Å². The molecule has 17 heavy (non-hydrogen) atoms. The molecule has 3 N–H and O–H groups in total. The number of hydrogen-bond acceptors (Lipinski definition) is 3. The molecular weight excluding hydrogens is 218 g/mol. The molecule has 0 bridgehead atoms. The zero-order valence-corrected chi connectivity index (χ0v) is 10.3. The molecule has 0 fully saturated rings. The van der Waals surface area contributed by atoms with Crippen molar-refractivity contribution in [2.75, 3.05) is 12.3 Å². The van der Waals surface area contributed by atoms with Gasteiger partial charge in [-0.3, -0.25) is 0 Å². The highest BCUT2D eigenvalue weighted by Crippen LogP contribution is 2.22. The molecule has 0 aliphatic rings. The molecule has 94 valence electrons. The molecule has 0 saturated heterocycles. The lowest BCUT2D eigenvalue weighted by molar-refractivity contribution is 0.0691. The van der Waals surface area contributed by atoms with Crippen LogP contribution in [-0.4, -0.2) is 17.7 Å². The molecule has 1 aromatic rings. The highest BCUT2D eigenvalue weighted by molar-refractivity contribution is 5.92. The monoisotopic (exact) mass is 237 g/mol. The predicted octanol–water partition coefficient (Wildman–Crippen LogP) is 2.78. The van der Waals surface area contributed by atoms with Crippen molar-refractivity contribution >= 4 is 11.7 Å². The Morgan fingerprint density at radius 2 is 2.24 bits per heavy atom. The van der Waals surface area contributed by atoms with Crippen LogP contribution in [0, 0.1) is 5.92 Å². The van der Waals surface area contributed by atoms with Gasteiger partial charge in [0.1, 0.15) is 11.3 Å². The number of nitrogens with two attached hydrogens (primary N) is 1. The van der Waals surface area contributed by atoms with Gasteiger partial charge in [0.15, 0.2) is 0 Å². The average molecular weight is 237 g/mol. The maximum absolute atomic E-state index is 11.0. The van der Waals surface area contributed by atoms with Crippen molar-refractivity contribution in [3.05, 3.63) is 23.8 Å². The Morgan fingerprint density at radius 3 is 2.82 bits per heavy atom. The minimum atomic E-state index is -1.02. The highest BCUT2D eigenvalue weighted by Gasteiger charge is 2.12. The lowest BCUT2D eigenvalue weighted by Crippen LogP contribution is -2.11. The van der Waals surface area contributed by atoms with E-state index < -0.39 is 5.97 Å². The normalized spacial score (nSPS) is 12.1. The van der Waals surface area contributed by atoms with Crippen molar-refractivity contribution in [3.63, 3.8) is 0 Å². The Kier molecular flexibility index (Phi) is 4.82. The average Bonchev–Trinajstić information content (AvgIpc) is 2.27. The standard InChI is InChI=1S/C13H19NO3/c1-3-4-9(2)8-17-12-6-5-10(14)7-11(12)13(15)16/h5-7,9H,3-4,8,14H2,1-2H3,(H,15,16). The number of carboxylic acids is 1. The van der Waals surface area contributed by atoms with Crippen molar-refractivity contribution in [1.82, 2.24) is 0 Å². The summed E-state index contributed by atoms with van der Waals surface area (Å²) in [7, 11) is 0. The van der Waals surface area contributed by atoms with Gasteiger partial charge in [-0.25, -0.2) is 4.79 Å². The number of anilines is 1. The smallest absolute Gasteiger partial charge is 0.339 e. The van der Waals surface area contributed by atoms with Gasteiger partial charge in [0.2, 0.25) is 0 Å². The fourth-order valence-electron chi connectivity index (χ4n) is 1.65. The second kappa shape index (κ2) is 6.13. The van der Waals surface area contributed by atoms with Gasteiger partial charge in [-0.2, -0.15) is 0 Å². The lowest BCUT2D eigenvalue weighted by atomic mass is 10.1. The van der Waals surface area contributed by atoms with Crippen molar-refractivity contribution in [2.24, 2.45) is 5.92 Å². The van der Waals surface area contributed by atoms with Gasteiger partial charge in [0, 0.05) is 5.69 Å². The van der Waals surface area contributed by atoms with Gasteiger partial charge in [0.05, 0.1) is 6.61 Å². The van der Waals surface area contributed by atoms with Crippen molar-refractivity contribution in [2.45, 2.75) is 26.7 Å². The van der Waals surface area contributed by atoms with E-state index in [0.717, 1.165) is 12.8 Å². The molecule has 0 aliphatic carbocycles. The summed E-state index contributed by atoms with van der Waals surface area (Å²) < 4.78 is 5.53. The van der Waals surface area contributed by atoms with E-state index in [1.165, 1.54) is 6.07 Å². The third-order valence-electron chi connectivity index (χ3n) is 2.54. The number of nitrogen functional groups attached to an aromatic ring is 1. The first-order valence-corrected chi connectivity index (χ1v) is 5.80. The van der Waals surface area contributed by atoms with Gasteiger partial charge in [-0.1, -0.05) is 20.3 Å². The first-order valence-electron chi connectivity index (χ1n) is 5.80. The first kappa shape index (κ1) is 13.4. The lowest BCUT2D eigenvalue weighted by Gasteiger charge is -2.14. The maximum atomic E-state index is 11.0. The summed E-state index contributed by atoms with van der Waals surface area (Å²) in [6.07, 6.45) is 2.16. The zero-order valence-electron chi connectivity index (χ0n) is 10.3. The van der Waals surface area contributed by atoms with Crippen LogP contribution >= 0.6 is 0 Å². The zero-order chi connectivity index (χ0) is 12.8. The fourth-order valence-corrected chi connectivity index (χ4v) is 1.65. The van der Waals surface area contributed by atoms with Crippen LogP contribution in [0.25, 0.3) is 0 Å². The van der Waals surface area contributed by atoms with E-state index in [4.69, 9.17) is 15.6 Å². The van der Waals surface area contributed by atoms with Crippen LogP contribution in [0.5, 0.6) is 5.75 Å². The van der Waals surface area contributed by atoms with E-state index in [9.17, 15) is 4.79 Å². The van der Waals surface area contributed by atoms with Crippen molar-refractivity contribution < 1.29 is 14.6 Å². The van der Waals surface area contributed by atoms with Gasteiger partial charge in [-0.05, 0) is 30.5 Å². The molecule has 0 spiro atoms. The summed E-state index contributed by atoms with van der Waals surface area (Å²) in [5, 5.41) is 9.02. The number of hydrogen-bond donors (Lipinski definition) is 2. The SMILES string of the molecule is CCCC(C)COc1ccc(N)cc1C(=O)O. The summed E-state index contributed by atoms with van der Waals surface area (Å²) >= 11 is 0. The molecule has 1 unspecified atom stereocenters. The van der Waals surface area contributed by atoms with Gasteiger partial charge >= 0.3 is 5.97 Å². The maximum Gasteiger partial charge on any atom is 0.339 e. The van der Waals surface area contributed by atoms with Crippen LogP contribution in [0.3, 0.4) is 0 Å². The Bertz CT molecular complexity index is 390. The number of aromatic carboxylic acids is 1. The Morgan fingerprint density at radius 1 is 1.53 bits per heavy atom. The first-order chi connectivity index (χ1) is 8.04.